The van der Waals surface area contributed by atoms with Gasteiger partial charge in [0.1, 0.15) is 12.1 Å². The number of carbonyl (C=O) groups excluding carboxylic acids is 2. The number of rotatable bonds is 11. The number of H-pyrrole nitrogens is 1. The molecule has 0 aliphatic rings. The second kappa shape index (κ2) is 11.3. The molecule has 7 heteroatoms. The van der Waals surface area contributed by atoms with Gasteiger partial charge in [-0.1, -0.05) is 42.5 Å². The molecule has 1 unspecified atom stereocenters. The fourth-order valence-corrected chi connectivity index (χ4v) is 3.63. The number of hydrogen-bond donors (Lipinski definition) is 3. The van der Waals surface area contributed by atoms with Crippen molar-refractivity contribution >= 4 is 24.0 Å². The highest BCUT2D eigenvalue weighted by atomic mass is 32.2. The number of aromatic nitrogens is 2. The summed E-state index contributed by atoms with van der Waals surface area (Å²) in [5.41, 5.74) is 9.06. The standard InChI is InChI=1S/C23H26N4O2S/c1-30-14-11-19(16-28)26-27-23(29)20-9-7-17(8-10-22-24-12-13-25-22)15-21(20)18-5-3-2-4-6-18/h2-7,9,12-13,15-16,19,26H,8,10-11,14H2,1H3,(H,24,25)(H,27,29). The van der Waals surface area contributed by atoms with Gasteiger partial charge >= 0.3 is 0 Å². The molecule has 6 nitrogen and oxygen atoms in total. The van der Waals surface area contributed by atoms with E-state index in [0.29, 0.717) is 12.0 Å². The molecular weight excluding hydrogens is 396 g/mol. The van der Waals surface area contributed by atoms with Gasteiger partial charge in [0.05, 0.1) is 6.04 Å². The van der Waals surface area contributed by atoms with Crippen LogP contribution >= 0.6 is 11.8 Å². The van der Waals surface area contributed by atoms with Gasteiger partial charge in [0, 0.05) is 24.4 Å². The SMILES string of the molecule is CSCCC(C=O)NNC(=O)c1ccc(CCc2ncc[nH]2)cc1-c1ccccc1. The van der Waals surface area contributed by atoms with Crippen molar-refractivity contribution in [2.45, 2.75) is 25.3 Å². The minimum absolute atomic E-state index is 0.262. The van der Waals surface area contributed by atoms with Gasteiger partial charge < -0.3 is 9.78 Å². The molecule has 3 N–H and O–H groups in total. The quantitative estimate of drug-likeness (QED) is 0.326. The fourth-order valence-electron chi connectivity index (χ4n) is 3.14. The van der Waals surface area contributed by atoms with E-state index in [1.807, 2.05) is 54.9 Å². The molecule has 0 aliphatic heterocycles. The van der Waals surface area contributed by atoms with E-state index in [2.05, 4.69) is 26.9 Å². The number of aldehydes is 1. The van der Waals surface area contributed by atoms with Crippen molar-refractivity contribution in [3.63, 3.8) is 0 Å². The van der Waals surface area contributed by atoms with Gasteiger partial charge in [-0.25, -0.2) is 10.4 Å². The third kappa shape index (κ3) is 6.05. The summed E-state index contributed by atoms with van der Waals surface area (Å²) in [4.78, 5) is 31.5. The van der Waals surface area contributed by atoms with Gasteiger partial charge in [0.25, 0.3) is 5.91 Å². The molecule has 0 spiro atoms. The number of nitrogens with one attached hydrogen (secondary N) is 3. The zero-order valence-electron chi connectivity index (χ0n) is 16.9. The van der Waals surface area contributed by atoms with E-state index in [1.54, 1.807) is 18.0 Å². The summed E-state index contributed by atoms with van der Waals surface area (Å²) in [6, 6.07) is 15.3. The lowest BCUT2D eigenvalue weighted by molar-refractivity contribution is -0.109. The summed E-state index contributed by atoms with van der Waals surface area (Å²) in [7, 11) is 0. The van der Waals surface area contributed by atoms with Gasteiger partial charge in [-0.2, -0.15) is 11.8 Å². The molecule has 0 saturated heterocycles. The van der Waals surface area contributed by atoms with E-state index in [9.17, 15) is 9.59 Å². The highest BCUT2D eigenvalue weighted by Gasteiger charge is 2.15. The van der Waals surface area contributed by atoms with E-state index >= 15 is 0 Å². The Morgan fingerprint density at radius 1 is 1.20 bits per heavy atom. The topological polar surface area (TPSA) is 86.9 Å². The minimum Gasteiger partial charge on any atom is -0.349 e. The van der Waals surface area contributed by atoms with Gasteiger partial charge in [-0.05, 0) is 47.6 Å². The first-order valence-electron chi connectivity index (χ1n) is 9.88. The lowest BCUT2D eigenvalue weighted by Crippen LogP contribution is -2.45. The molecule has 0 aliphatic carbocycles. The van der Waals surface area contributed by atoms with E-state index in [-0.39, 0.29) is 5.91 Å². The highest BCUT2D eigenvalue weighted by molar-refractivity contribution is 7.98. The van der Waals surface area contributed by atoms with Crippen LogP contribution in [0.2, 0.25) is 0 Å². The second-order valence-corrected chi connectivity index (χ2v) is 7.89. The molecule has 0 radical (unpaired) electrons. The third-order valence-electron chi connectivity index (χ3n) is 4.79. The molecule has 0 fully saturated rings. The molecule has 1 aromatic heterocycles. The zero-order chi connectivity index (χ0) is 21.2. The average molecular weight is 423 g/mol. The van der Waals surface area contributed by atoms with Gasteiger partial charge in [-0.3, -0.25) is 10.2 Å². The normalized spacial score (nSPS) is 11.8. The summed E-state index contributed by atoms with van der Waals surface area (Å²) in [5, 5.41) is 0. The predicted octanol–water partition coefficient (Wildman–Crippen LogP) is 3.42. The molecule has 3 aromatic rings. The van der Waals surface area contributed by atoms with Crippen LogP contribution in [0.3, 0.4) is 0 Å². The summed E-state index contributed by atoms with van der Waals surface area (Å²) in [5.74, 6) is 1.51. The number of hydrazine groups is 1. The van der Waals surface area contributed by atoms with E-state index in [0.717, 1.165) is 47.4 Å². The number of thioether (sulfide) groups is 1. The summed E-state index contributed by atoms with van der Waals surface area (Å²) >= 11 is 1.66. The number of carbonyl (C=O) groups is 2. The van der Waals surface area contributed by atoms with E-state index in [4.69, 9.17) is 0 Å². The molecule has 2 aromatic carbocycles. The van der Waals surface area contributed by atoms with Crippen LogP contribution in [0.5, 0.6) is 0 Å². The van der Waals surface area contributed by atoms with Crippen molar-refractivity contribution in [1.29, 1.82) is 0 Å². The molecule has 3 rings (SSSR count). The van der Waals surface area contributed by atoms with Crippen LogP contribution in [-0.4, -0.2) is 40.2 Å². The number of hydrogen-bond acceptors (Lipinski definition) is 5. The molecule has 1 atom stereocenters. The Bertz CT molecular complexity index is 945. The van der Waals surface area contributed by atoms with Crippen molar-refractivity contribution in [3.05, 3.63) is 77.9 Å². The highest BCUT2D eigenvalue weighted by Crippen LogP contribution is 2.25. The predicted molar refractivity (Wildman–Crippen MR) is 121 cm³/mol. The number of benzene rings is 2. The van der Waals surface area contributed by atoms with Crippen molar-refractivity contribution in [1.82, 2.24) is 20.8 Å². The smallest absolute Gasteiger partial charge is 0.266 e. The van der Waals surface area contributed by atoms with Crippen molar-refractivity contribution in [2.75, 3.05) is 12.0 Å². The van der Waals surface area contributed by atoms with Crippen molar-refractivity contribution in [3.8, 4) is 11.1 Å². The summed E-state index contributed by atoms with van der Waals surface area (Å²) in [6.45, 7) is 0. The van der Waals surface area contributed by atoms with Gasteiger partial charge in [-0.15, -0.1) is 0 Å². The van der Waals surface area contributed by atoms with Crippen molar-refractivity contribution < 1.29 is 9.59 Å². The number of amides is 1. The van der Waals surface area contributed by atoms with Crippen molar-refractivity contribution in [2.24, 2.45) is 0 Å². The maximum atomic E-state index is 12.9. The van der Waals surface area contributed by atoms with E-state index in [1.165, 1.54) is 0 Å². The Kier molecular flexibility index (Phi) is 8.23. The first-order chi connectivity index (χ1) is 14.7. The number of aryl methyl sites for hydroxylation is 2. The van der Waals surface area contributed by atoms with Crippen LogP contribution in [0.1, 0.15) is 28.2 Å². The molecule has 1 amide bonds. The molecular formula is C23H26N4O2S. The Morgan fingerprint density at radius 2 is 2.03 bits per heavy atom. The maximum absolute atomic E-state index is 12.9. The van der Waals surface area contributed by atoms with Crippen LogP contribution in [-0.2, 0) is 17.6 Å². The monoisotopic (exact) mass is 422 g/mol. The minimum atomic E-state index is -0.408. The summed E-state index contributed by atoms with van der Waals surface area (Å²) in [6.07, 6.45) is 8.64. The Labute approximate surface area is 180 Å². The first-order valence-corrected chi connectivity index (χ1v) is 11.3. The van der Waals surface area contributed by atoms with Gasteiger partial charge in [0.15, 0.2) is 0 Å². The van der Waals surface area contributed by atoms with Crippen LogP contribution < -0.4 is 10.9 Å². The van der Waals surface area contributed by atoms with Crippen LogP contribution in [0.4, 0.5) is 0 Å². The molecule has 156 valence electrons. The maximum Gasteiger partial charge on any atom is 0.266 e. The zero-order valence-corrected chi connectivity index (χ0v) is 17.7. The molecule has 0 saturated carbocycles. The number of imidazole rings is 1. The Balaban J connectivity index is 1.78. The lowest BCUT2D eigenvalue weighted by atomic mass is 9.95. The Morgan fingerprint density at radius 3 is 2.73 bits per heavy atom. The molecule has 0 bridgehead atoms. The molecule has 1 heterocycles. The third-order valence-corrected chi connectivity index (χ3v) is 5.43. The molecule has 30 heavy (non-hydrogen) atoms. The fraction of sp³-hybridized carbons (Fsp3) is 0.261. The largest absolute Gasteiger partial charge is 0.349 e. The summed E-state index contributed by atoms with van der Waals surface area (Å²) < 4.78 is 0. The van der Waals surface area contributed by atoms with Gasteiger partial charge in [0.2, 0.25) is 0 Å². The lowest BCUT2D eigenvalue weighted by Gasteiger charge is -2.16. The van der Waals surface area contributed by atoms with E-state index < -0.39 is 6.04 Å². The number of aromatic amines is 1. The Hall–Kier alpha value is -2.90. The second-order valence-electron chi connectivity index (χ2n) is 6.90. The van der Waals surface area contributed by atoms with Crippen LogP contribution in [0.15, 0.2) is 60.9 Å². The number of nitrogens with zero attached hydrogens (tertiary/aromatic N) is 1. The van der Waals surface area contributed by atoms with Crippen LogP contribution in [0.25, 0.3) is 11.1 Å². The first kappa shape index (κ1) is 21.8. The van der Waals surface area contributed by atoms with Crippen LogP contribution in [0, 0.1) is 0 Å². The average Bonchev–Trinajstić information content (AvgIpc) is 3.32.